The first-order valence-corrected chi connectivity index (χ1v) is 5.56. The van der Waals surface area contributed by atoms with Gasteiger partial charge >= 0.3 is 0 Å². The molecule has 1 aliphatic rings. The molecule has 0 radical (unpaired) electrons. The number of hydrogen-bond donors (Lipinski definition) is 2. The van der Waals surface area contributed by atoms with Crippen LogP contribution in [-0.2, 0) is 0 Å². The van der Waals surface area contributed by atoms with Crippen molar-refractivity contribution in [2.24, 2.45) is 5.92 Å². The van der Waals surface area contributed by atoms with E-state index in [9.17, 15) is 9.50 Å². The molecule has 0 saturated carbocycles. The van der Waals surface area contributed by atoms with Crippen LogP contribution in [0.5, 0.6) is 0 Å². The van der Waals surface area contributed by atoms with E-state index in [1.165, 1.54) is 6.07 Å². The Morgan fingerprint density at radius 1 is 1.50 bits per heavy atom. The summed E-state index contributed by atoms with van der Waals surface area (Å²) in [4.78, 5) is 1.96. The minimum Gasteiger partial charge on any atom is -0.399 e. The number of piperidine rings is 1. The molecule has 1 aromatic rings. The molecular formula is C12H17FN2O. The van der Waals surface area contributed by atoms with Crippen LogP contribution in [0.1, 0.15) is 13.3 Å². The number of nitrogens with two attached hydrogens (primary N) is 1. The zero-order chi connectivity index (χ0) is 11.7. The third kappa shape index (κ3) is 2.11. The Hall–Kier alpha value is -1.29. The van der Waals surface area contributed by atoms with E-state index >= 15 is 0 Å². The van der Waals surface area contributed by atoms with E-state index in [4.69, 9.17) is 5.73 Å². The molecule has 88 valence electrons. The Bertz CT molecular complexity index is 383. The van der Waals surface area contributed by atoms with Crippen molar-refractivity contribution in [3.63, 3.8) is 0 Å². The minimum atomic E-state index is -0.288. The molecule has 1 heterocycles. The normalized spacial score (nSPS) is 25.8. The number of halogens is 1. The quantitative estimate of drug-likeness (QED) is 0.713. The summed E-state index contributed by atoms with van der Waals surface area (Å²) in [6.07, 6.45) is 0.415. The molecule has 3 nitrogen and oxygen atoms in total. The molecule has 1 fully saturated rings. The first-order valence-electron chi connectivity index (χ1n) is 5.56. The first-order chi connectivity index (χ1) is 7.58. The van der Waals surface area contributed by atoms with Crippen LogP contribution in [0.15, 0.2) is 18.2 Å². The van der Waals surface area contributed by atoms with Gasteiger partial charge in [0.25, 0.3) is 0 Å². The third-order valence-electron chi connectivity index (χ3n) is 3.17. The molecule has 1 saturated heterocycles. The van der Waals surface area contributed by atoms with Crippen LogP contribution in [0.4, 0.5) is 15.8 Å². The Labute approximate surface area is 94.7 Å². The van der Waals surface area contributed by atoms with Crippen molar-refractivity contribution in [2.45, 2.75) is 19.4 Å². The number of benzene rings is 1. The van der Waals surface area contributed by atoms with Crippen molar-refractivity contribution in [1.82, 2.24) is 0 Å². The maximum atomic E-state index is 13.7. The highest BCUT2D eigenvalue weighted by atomic mass is 19.1. The zero-order valence-corrected chi connectivity index (χ0v) is 9.36. The average molecular weight is 224 g/mol. The van der Waals surface area contributed by atoms with Gasteiger partial charge in [0, 0.05) is 18.8 Å². The number of rotatable bonds is 1. The number of nitrogen functional groups attached to an aromatic ring is 1. The summed E-state index contributed by atoms with van der Waals surface area (Å²) in [6.45, 7) is 3.35. The molecule has 4 heteroatoms. The van der Waals surface area contributed by atoms with Crippen LogP contribution in [0.2, 0.25) is 0 Å². The molecule has 2 atom stereocenters. The van der Waals surface area contributed by atoms with Gasteiger partial charge in [-0.15, -0.1) is 0 Å². The molecule has 1 aromatic carbocycles. The van der Waals surface area contributed by atoms with Crippen molar-refractivity contribution in [2.75, 3.05) is 23.7 Å². The fraction of sp³-hybridized carbons (Fsp3) is 0.500. The molecule has 0 amide bonds. The van der Waals surface area contributed by atoms with E-state index in [0.717, 1.165) is 0 Å². The number of aliphatic hydroxyl groups is 1. The van der Waals surface area contributed by atoms with Gasteiger partial charge in [-0.2, -0.15) is 0 Å². The summed E-state index contributed by atoms with van der Waals surface area (Å²) < 4.78 is 13.7. The molecule has 0 spiro atoms. The fourth-order valence-corrected chi connectivity index (χ4v) is 2.13. The number of aliphatic hydroxyl groups excluding tert-OH is 1. The van der Waals surface area contributed by atoms with Gasteiger partial charge in [-0.05, 0) is 30.5 Å². The lowest BCUT2D eigenvalue weighted by atomic mass is 9.96. The Morgan fingerprint density at radius 3 is 2.88 bits per heavy atom. The van der Waals surface area contributed by atoms with E-state index < -0.39 is 0 Å². The topological polar surface area (TPSA) is 49.5 Å². The van der Waals surface area contributed by atoms with Gasteiger partial charge in [0.1, 0.15) is 5.82 Å². The molecule has 2 unspecified atom stereocenters. The highest BCUT2D eigenvalue weighted by Crippen LogP contribution is 2.26. The van der Waals surface area contributed by atoms with Crippen LogP contribution in [0.25, 0.3) is 0 Å². The van der Waals surface area contributed by atoms with Gasteiger partial charge in [-0.25, -0.2) is 4.39 Å². The second-order valence-corrected chi connectivity index (χ2v) is 4.49. The first kappa shape index (κ1) is 11.2. The standard InChI is InChI=1S/C12H17FN2O/c1-8-7-15(5-4-12(8)16)11-3-2-9(14)6-10(11)13/h2-3,6,8,12,16H,4-5,7,14H2,1H3. The number of hydrogen-bond acceptors (Lipinski definition) is 3. The Balaban J connectivity index is 2.18. The third-order valence-corrected chi connectivity index (χ3v) is 3.17. The lowest BCUT2D eigenvalue weighted by Crippen LogP contribution is -2.42. The smallest absolute Gasteiger partial charge is 0.148 e. The average Bonchev–Trinajstić information content (AvgIpc) is 2.22. The molecule has 0 aromatic heterocycles. The van der Waals surface area contributed by atoms with E-state index in [-0.39, 0.29) is 17.8 Å². The zero-order valence-electron chi connectivity index (χ0n) is 9.36. The maximum absolute atomic E-state index is 13.7. The summed E-state index contributed by atoms with van der Waals surface area (Å²) in [6, 6.07) is 4.74. The molecule has 3 N–H and O–H groups in total. The Morgan fingerprint density at radius 2 is 2.25 bits per heavy atom. The summed E-state index contributed by atoms with van der Waals surface area (Å²) in [5.41, 5.74) is 6.52. The van der Waals surface area contributed by atoms with E-state index in [1.54, 1.807) is 12.1 Å². The Kier molecular flexibility index (Phi) is 3.01. The van der Waals surface area contributed by atoms with Gasteiger partial charge in [0.15, 0.2) is 0 Å². The van der Waals surface area contributed by atoms with Crippen molar-refractivity contribution < 1.29 is 9.50 Å². The summed E-state index contributed by atoms with van der Waals surface area (Å²) in [5.74, 6) is -0.116. The van der Waals surface area contributed by atoms with Crippen LogP contribution in [0, 0.1) is 11.7 Å². The van der Waals surface area contributed by atoms with Crippen molar-refractivity contribution in [1.29, 1.82) is 0 Å². The van der Waals surface area contributed by atoms with Crippen molar-refractivity contribution in [3.8, 4) is 0 Å². The van der Waals surface area contributed by atoms with E-state index in [2.05, 4.69) is 0 Å². The summed E-state index contributed by atoms with van der Waals surface area (Å²) in [5, 5.41) is 9.62. The van der Waals surface area contributed by atoms with Crippen LogP contribution >= 0.6 is 0 Å². The SMILES string of the molecule is CC1CN(c2ccc(N)cc2F)CCC1O. The van der Waals surface area contributed by atoms with Crippen LogP contribution in [-0.4, -0.2) is 24.3 Å². The fourth-order valence-electron chi connectivity index (χ4n) is 2.13. The molecule has 0 bridgehead atoms. The van der Waals surface area contributed by atoms with Gasteiger partial charge in [0.2, 0.25) is 0 Å². The lowest BCUT2D eigenvalue weighted by Gasteiger charge is -2.36. The molecular weight excluding hydrogens is 207 g/mol. The van der Waals surface area contributed by atoms with Gasteiger partial charge in [0.05, 0.1) is 11.8 Å². The van der Waals surface area contributed by atoms with Gasteiger partial charge in [-0.1, -0.05) is 6.92 Å². The van der Waals surface area contributed by atoms with Crippen molar-refractivity contribution in [3.05, 3.63) is 24.0 Å². The van der Waals surface area contributed by atoms with Gasteiger partial charge < -0.3 is 15.7 Å². The second kappa shape index (κ2) is 4.29. The lowest BCUT2D eigenvalue weighted by molar-refractivity contribution is 0.0969. The second-order valence-electron chi connectivity index (χ2n) is 4.49. The highest BCUT2D eigenvalue weighted by Gasteiger charge is 2.25. The molecule has 2 rings (SSSR count). The number of anilines is 2. The van der Waals surface area contributed by atoms with Crippen LogP contribution in [0.3, 0.4) is 0 Å². The van der Waals surface area contributed by atoms with E-state index in [1.807, 2.05) is 11.8 Å². The number of nitrogens with zero attached hydrogens (tertiary/aromatic N) is 1. The largest absolute Gasteiger partial charge is 0.399 e. The molecule has 1 aliphatic heterocycles. The van der Waals surface area contributed by atoms with Crippen molar-refractivity contribution >= 4 is 11.4 Å². The maximum Gasteiger partial charge on any atom is 0.148 e. The van der Waals surface area contributed by atoms with E-state index in [0.29, 0.717) is 30.9 Å². The summed E-state index contributed by atoms with van der Waals surface area (Å²) in [7, 11) is 0. The van der Waals surface area contributed by atoms with Gasteiger partial charge in [-0.3, -0.25) is 0 Å². The molecule has 0 aliphatic carbocycles. The summed E-state index contributed by atoms with van der Waals surface area (Å²) >= 11 is 0. The monoisotopic (exact) mass is 224 g/mol. The minimum absolute atomic E-state index is 0.172. The highest BCUT2D eigenvalue weighted by molar-refractivity contribution is 5.54. The predicted octanol–water partition coefficient (Wildman–Crippen LogP) is 1.61. The van der Waals surface area contributed by atoms with Crippen LogP contribution < -0.4 is 10.6 Å². The predicted molar refractivity (Wildman–Crippen MR) is 62.8 cm³/mol. The molecule has 16 heavy (non-hydrogen) atoms.